The van der Waals surface area contributed by atoms with Crippen molar-refractivity contribution in [3.8, 4) is 28.3 Å². The lowest BCUT2D eigenvalue weighted by molar-refractivity contribution is 0.643. The molecule has 9 aromatic rings. The first-order valence-corrected chi connectivity index (χ1v) is 17.5. The van der Waals surface area contributed by atoms with E-state index in [2.05, 4.69) is 193 Å². The molecule has 0 saturated carbocycles. The molecular formula is C47H34N4. The van der Waals surface area contributed by atoms with E-state index >= 15 is 0 Å². The van der Waals surface area contributed by atoms with Gasteiger partial charge in [-0.05, 0) is 82.9 Å². The van der Waals surface area contributed by atoms with Gasteiger partial charge in [-0.2, -0.15) is 0 Å². The Bertz CT molecular complexity index is 2720. The summed E-state index contributed by atoms with van der Waals surface area (Å²) in [7, 11) is 0. The number of nitrogens with zero attached hydrogens (tertiary/aromatic N) is 4. The van der Waals surface area contributed by atoms with Crippen LogP contribution in [-0.2, 0) is 5.41 Å². The van der Waals surface area contributed by atoms with Crippen molar-refractivity contribution in [1.29, 1.82) is 0 Å². The molecule has 2 heterocycles. The Balaban J connectivity index is 1.11. The minimum Gasteiger partial charge on any atom is -0.311 e. The van der Waals surface area contributed by atoms with E-state index in [1.807, 2.05) is 0 Å². The van der Waals surface area contributed by atoms with Crippen LogP contribution in [0.5, 0.6) is 0 Å². The lowest BCUT2D eigenvalue weighted by atomic mass is 9.70. The smallest absolute Gasteiger partial charge is 0.235 e. The molecule has 0 aliphatic heterocycles. The summed E-state index contributed by atoms with van der Waals surface area (Å²) in [4.78, 5) is 12.9. The van der Waals surface area contributed by atoms with Gasteiger partial charge in [0, 0.05) is 44.2 Å². The summed E-state index contributed by atoms with van der Waals surface area (Å²) in [6.45, 7) is 4.61. The Morgan fingerprint density at radius 1 is 0.490 bits per heavy atom. The van der Waals surface area contributed by atoms with E-state index in [9.17, 15) is 0 Å². The predicted molar refractivity (Wildman–Crippen MR) is 212 cm³/mol. The van der Waals surface area contributed by atoms with Gasteiger partial charge in [0.2, 0.25) is 5.95 Å². The van der Waals surface area contributed by atoms with Crippen molar-refractivity contribution >= 4 is 49.8 Å². The van der Waals surface area contributed by atoms with Crippen LogP contribution in [-0.4, -0.2) is 14.5 Å². The number of benzene rings is 7. The van der Waals surface area contributed by atoms with E-state index in [0.717, 1.165) is 50.3 Å². The summed E-state index contributed by atoms with van der Waals surface area (Å²) < 4.78 is 2.24. The highest BCUT2D eigenvalue weighted by Gasteiger charge is 2.34. The number of para-hydroxylation sites is 3. The van der Waals surface area contributed by atoms with Gasteiger partial charge in [-0.25, -0.2) is 9.97 Å². The molecule has 1 aliphatic carbocycles. The molecule has 0 fully saturated rings. The van der Waals surface area contributed by atoms with Gasteiger partial charge in [0.1, 0.15) is 0 Å². The third-order valence-corrected chi connectivity index (χ3v) is 10.6. The van der Waals surface area contributed by atoms with Crippen molar-refractivity contribution in [3.05, 3.63) is 181 Å². The normalized spacial score (nSPS) is 13.1. The third-order valence-electron chi connectivity index (χ3n) is 10.6. The van der Waals surface area contributed by atoms with E-state index in [1.165, 1.54) is 33.0 Å². The molecule has 0 radical (unpaired) electrons. The van der Waals surface area contributed by atoms with Gasteiger partial charge in [0.05, 0.1) is 22.2 Å². The van der Waals surface area contributed by atoms with Crippen molar-refractivity contribution in [2.75, 3.05) is 4.90 Å². The Morgan fingerprint density at radius 2 is 1.10 bits per heavy atom. The fourth-order valence-electron chi connectivity index (χ4n) is 8.14. The molecule has 0 bridgehead atoms. The first-order chi connectivity index (χ1) is 25.1. The third kappa shape index (κ3) is 4.53. The maximum Gasteiger partial charge on any atom is 0.235 e. The summed E-state index contributed by atoms with van der Waals surface area (Å²) in [5.41, 5.74) is 13.4. The second-order valence-electron chi connectivity index (χ2n) is 13.9. The zero-order chi connectivity index (χ0) is 34.1. The number of hydrogen-bond donors (Lipinski definition) is 0. The quantitative estimate of drug-likeness (QED) is 0.185. The largest absolute Gasteiger partial charge is 0.311 e. The van der Waals surface area contributed by atoms with Crippen LogP contribution in [0, 0.1) is 0 Å². The highest BCUT2D eigenvalue weighted by atomic mass is 15.2. The Hall–Kier alpha value is -6.52. The van der Waals surface area contributed by atoms with Crippen LogP contribution in [0.15, 0.2) is 170 Å². The maximum atomic E-state index is 5.39. The van der Waals surface area contributed by atoms with E-state index in [1.54, 1.807) is 0 Å². The van der Waals surface area contributed by atoms with Gasteiger partial charge in [-0.1, -0.05) is 123 Å². The fraction of sp³-hybridized carbons (Fsp3) is 0.0638. The molecular weight excluding hydrogens is 621 g/mol. The minimum atomic E-state index is -0.142. The molecule has 0 unspecified atom stereocenters. The van der Waals surface area contributed by atoms with Crippen molar-refractivity contribution in [2.45, 2.75) is 19.3 Å². The number of rotatable bonds is 5. The lowest BCUT2D eigenvalue weighted by Gasteiger charge is -2.34. The van der Waals surface area contributed by atoms with Crippen molar-refractivity contribution in [3.63, 3.8) is 0 Å². The SMILES string of the molecule is CC1(C)c2ccccc2-c2nc(-n3c4ccccc4c4cc(-c5ccc(N(c6ccccc6)c6ccccc6)cc5)ccc43)nc3cccc1c23. The van der Waals surface area contributed by atoms with E-state index < -0.39 is 0 Å². The molecule has 51 heavy (non-hydrogen) atoms. The van der Waals surface area contributed by atoms with Gasteiger partial charge in [-0.15, -0.1) is 0 Å². The van der Waals surface area contributed by atoms with Gasteiger partial charge < -0.3 is 4.90 Å². The first-order valence-electron chi connectivity index (χ1n) is 17.5. The molecule has 242 valence electrons. The molecule has 1 aliphatic rings. The molecule has 10 rings (SSSR count). The summed E-state index contributed by atoms with van der Waals surface area (Å²) in [5, 5.41) is 3.50. The van der Waals surface area contributed by atoms with Crippen LogP contribution in [0.4, 0.5) is 17.1 Å². The summed E-state index contributed by atoms with van der Waals surface area (Å²) in [6.07, 6.45) is 0. The zero-order valence-electron chi connectivity index (χ0n) is 28.5. The highest BCUT2D eigenvalue weighted by Crippen LogP contribution is 2.48. The number of hydrogen-bond acceptors (Lipinski definition) is 3. The molecule has 4 nitrogen and oxygen atoms in total. The van der Waals surface area contributed by atoms with Crippen LogP contribution in [0.3, 0.4) is 0 Å². The van der Waals surface area contributed by atoms with Crippen molar-refractivity contribution in [1.82, 2.24) is 14.5 Å². The standard InChI is InChI=1S/C47H34N4/c1-47(2)39-20-11-9-19-37(39)45-44-40(47)21-13-22-41(44)48-46(49-45)51-42-23-12-10-18-36(42)38-30-32(26-29-43(38)51)31-24-27-35(28-25-31)50(33-14-5-3-6-15-33)34-16-7-4-8-17-34/h3-30H,1-2H3. The summed E-state index contributed by atoms with van der Waals surface area (Å²) in [6, 6.07) is 60.5. The Kier molecular flexibility index (Phi) is 6.49. The monoisotopic (exact) mass is 654 g/mol. The number of anilines is 3. The van der Waals surface area contributed by atoms with Crippen molar-refractivity contribution in [2.24, 2.45) is 0 Å². The minimum absolute atomic E-state index is 0.142. The average molecular weight is 655 g/mol. The van der Waals surface area contributed by atoms with E-state index in [0.29, 0.717) is 5.95 Å². The van der Waals surface area contributed by atoms with Crippen LogP contribution < -0.4 is 4.90 Å². The van der Waals surface area contributed by atoms with Crippen LogP contribution in [0.2, 0.25) is 0 Å². The Morgan fingerprint density at radius 3 is 1.86 bits per heavy atom. The first kappa shape index (κ1) is 29.4. The van der Waals surface area contributed by atoms with Gasteiger partial charge in [-0.3, -0.25) is 4.57 Å². The van der Waals surface area contributed by atoms with Crippen LogP contribution in [0.1, 0.15) is 25.0 Å². The van der Waals surface area contributed by atoms with Crippen LogP contribution >= 0.6 is 0 Å². The van der Waals surface area contributed by atoms with Gasteiger partial charge in [0.25, 0.3) is 0 Å². The van der Waals surface area contributed by atoms with Crippen LogP contribution in [0.25, 0.3) is 61.0 Å². The Labute approximate surface area is 296 Å². The topological polar surface area (TPSA) is 34.0 Å². The van der Waals surface area contributed by atoms with E-state index in [4.69, 9.17) is 9.97 Å². The zero-order valence-corrected chi connectivity index (χ0v) is 28.5. The molecule has 0 saturated heterocycles. The maximum absolute atomic E-state index is 5.39. The van der Waals surface area contributed by atoms with Gasteiger partial charge >= 0.3 is 0 Å². The molecule has 0 N–H and O–H groups in total. The molecule has 2 aromatic heterocycles. The second-order valence-corrected chi connectivity index (χ2v) is 13.9. The summed E-state index contributed by atoms with van der Waals surface area (Å²) in [5.74, 6) is 0.689. The van der Waals surface area contributed by atoms with E-state index in [-0.39, 0.29) is 5.41 Å². The number of fused-ring (bicyclic) bond motifs is 5. The second kappa shape index (κ2) is 11.3. The molecule has 7 aromatic carbocycles. The average Bonchev–Trinajstić information content (AvgIpc) is 3.52. The fourth-order valence-corrected chi connectivity index (χ4v) is 8.14. The molecule has 4 heteroatoms. The van der Waals surface area contributed by atoms with Gasteiger partial charge in [0.15, 0.2) is 0 Å². The molecule has 0 atom stereocenters. The highest BCUT2D eigenvalue weighted by molar-refractivity contribution is 6.10. The lowest BCUT2D eigenvalue weighted by Crippen LogP contribution is -2.24. The summed E-state index contributed by atoms with van der Waals surface area (Å²) >= 11 is 0. The van der Waals surface area contributed by atoms with Crippen molar-refractivity contribution < 1.29 is 0 Å². The number of aromatic nitrogens is 3. The molecule has 0 spiro atoms. The predicted octanol–water partition coefficient (Wildman–Crippen LogP) is 12.2. The molecule has 0 amide bonds.